The maximum absolute atomic E-state index is 11.6. The third kappa shape index (κ3) is 5.04. The van der Waals surface area contributed by atoms with Crippen molar-refractivity contribution in [1.82, 2.24) is 0 Å². The first-order valence-corrected chi connectivity index (χ1v) is 6.64. The van der Waals surface area contributed by atoms with Crippen LogP contribution in [0.15, 0.2) is 0 Å². The van der Waals surface area contributed by atoms with Crippen molar-refractivity contribution in [2.45, 2.75) is 70.6 Å². The molecule has 1 aliphatic carbocycles. The highest BCUT2D eigenvalue weighted by Crippen LogP contribution is 2.28. The Morgan fingerprint density at radius 1 is 1.41 bits per heavy atom. The van der Waals surface area contributed by atoms with Crippen LogP contribution in [0.4, 0.5) is 0 Å². The number of aliphatic hydroxyl groups is 1. The minimum absolute atomic E-state index is 0.243. The van der Waals surface area contributed by atoms with Gasteiger partial charge < -0.3 is 9.84 Å². The van der Waals surface area contributed by atoms with Gasteiger partial charge in [-0.05, 0) is 26.2 Å². The maximum atomic E-state index is 11.6. The minimum Gasteiger partial charge on any atom is -0.460 e. The highest BCUT2D eigenvalue weighted by atomic mass is 16.6. The predicted molar refractivity (Wildman–Crippen MR) is 66.2 cm³/mol. The minimum atomic E-state index is -1.82. The van der Waals surface area contributed by atoms with Crippen LogP contribution in [0, 0.1) is 5.92 Å². The molecule has 0 spiro atoms. The summed E-state index contributed by atoms with van der Waals surface area (Å²) in [6, 6.07) is 0. The molecular weight excluding hydrogens is 218 g/mol. The van der Waals surface area contributed by atoms with Gasteiger partial charge in [0.2, 0.25) is 5.72 Å². The van der Waals surface area contributed by atoms with Gasteiger partial charge in [-0.1, -0.05) is 32.1 Å². The quantitative estimate of drug-likeness (QED) is 0.572. The van der Waals surface area contributed by atoms with Crippen molar-refractivity contribution in [2.75, 3.05) is 0 Å². The molecule has 0 bridgehead atoms. The van der Waals surface area contributed by atoms with Crippen LogP contribution in [0.2, 0.25) is 0 Å². The second kappa shape index (κ2) is 6.36. The van der Waals surface area contributed by atoms with Crippen molar-refractivity contribution in [3.05, 3.63) is 0 Å². The van der Waals surface area contributed by atoms with Crippen LogP contribution < -0.4 is 5.73 Å². The van der Waals surface area contributed by atoms with Gasteiger partial charge in [0.05, 0.1) is 6.10 Å². The second-order valence-corrected chi connectivity index (χ2v) is 5.42. The molecule has 17 heavy (non-hydrogen) atoms. The summed E-state index contributed by atoms with van der Waals surface area (Å²) >= 11 is 0. The molecule has 0 aliphatic heterocycles. The van der Waals surface area contributed by atoms with Crippen LogP contribution in [0.1, 0.15) is 58.8 Å². The third-order valence-corrected chi connectivity index (χ3v) is 3.35. The van der Waals surface area contributed by atoms with Gasteiger partial charge in [-0.3, -0.25) is 5.73 Å². The normalized spacial score (nSPS) is 21.2. The van der Waals surface area contributed by atoms with E-state index >= 15 is 0 Å². The van der Waals surface area contributed by atoms with E-state index in [4.69, 9.17) is 10.5 Å². The van der Waals surface area contributed by atoms with Gasteiger partial charge in [0, 0.05) is 6.42 Å². The Morgan fingerprint density at radius 2 is 2.00 bits per heavy atom. The average Bonchev–Trinajstić information content (AvgIpc) is 2.27. The lowest BCUT2D eigenvalue weighted by molar-refractivity contribution is -0.170. The van der Waals surface area contributed by atoms with Crippen molar-refractivity contribution >= 4 is 5.97 Å². The molecule has 1 atom stereocenters. The van der Waals surface area contributed by atoms with Gasteiger partial charge in [0.25, 0.3) is 0 Å². The zero-order valence-corrected chi connectivity index (χ0v) is 10.9. The summed E-state index contributed by atoms with van der Waals surface area (Å²) in [5.74, 6) is -0.103. The molecule has 100 valence electrons. The summed E-state index contributed by atoms with van der Waals surface area (Å²) < 4.78 is 4.94. The average molecular weight is 243 g/mol. The van der Waals surface area contributed by atoms with Gasteiger partial charge in [0.15, 0.2) is 0 Å². The first-order valence-electron chi connectivity index (χ1n) is 6.64. The smallest absolute Gasteiger partial charge is 0.353 e. The lowest BCUT2D eigenvalue weighted by Crippen LogP contribution is -2.49. The second-order valence-electron chi connectivity index (χ2n) is 5.42. The summed E-state index contributed by atoms with van der Waals surface area (Å²) in [6.45, 7) is 3.49. The molecule has 0 radical (unpaired) electrons. The zero-order chi connectivity index (χ0) is 12.9. The summed E-state index contributed by atoms with van der Waals surface area (Å²) in [6.07, 6.45) is 7.05. The molecule has 0 aromatic heterocycles. The summed E-state index contributed by atoms with van der Waals surface area (Å²) in [7, 11) is 0. The zero-order valence-electron chi connectivity index (χ0n) is 10.9. The van der Waals surface area contributed by atoms with Crippen molar-refractivity contribution in [2.24, 2.45) is 11.7 Å². The van der Waals surface area contributed by atoms with E-state index in [-0.39, 0.29) is 6.10 Å². The maximum Gasteiger partial charge on any atom is 0.353 e. The molecule has 4 nitrogen and oxygen atoms in total. The molecule has 1 rings (SSSR count). The molecule has 0 aromatic rings. The van der Waals surface area contributed by atoms with E-state index in [1.807, 2.05) is 0 Å². The molecule has 4 heteroatoms. The van der Waals surface area contributed by atoms with Gasteiger partial charge in [-0.15, -0.1) is 0 Å². The van der Waals surface area contributed by atoms with E-state index in [2.05, 4.69) is 0 Å². The van der Waals surface area contributed by atoms with Crippen molar-refractivity contribution in [1.29, 1.82) is 0 Å². The Hall–Kier alpha value is -0.610. The largest absolute Gasteiger partial charge is 0.460 e. The standard InChI is InChI=1S/C13H25NO3/c1-10(2)17-12(15)13(14,16)9-8-11-6-4-3-5-7-11/h10-11,16H,3-9,14H2,1-2H3. The Labute approximate surface area is 104 Å². The summed E-state index contributed by atoms with van der Waals surface area (Å²) in [5, 5.41) is 9.87. The van der Waals surface area contributed by atoms with Gasteiger partial charge in [-0.25, -0.2) is 4.79 Å². The summed E-state index contributed by atoms with van der Waals surface area (Å²) in [5.41, 5.74) is 3.79. The fraction of sp³-hybridized carbons (Fsp3) is 0.923. The number of nitrogens with two attached hydrogens (primary N) is 1. The van der Waals surface area contributed by atoms with E-state index in [1.165, 1.54) is 32.1 Å². The third-order valence-electron chi connectivity index (χ3n) is 3.35. The van der Waals surface area contributed by atoms with Crippen LogP contribution >= 0.6 is 0 Å². The van der Waals surface area contributed by atoms with E-state index in [1.54, 1.807) is 13.8 Å². The first kappa shape index (κ1) is 14.5. The van der Waals surface area contributed by atoms with E-state index in [0.717, 1.165) is 6.42 Å². The Balaban J connectivity index is 2.34. The molecule has 0 saturated heterocycles. The number of ether oxygens (including phenoxy) is 1. The van der Waals surface area contributed by atoms with Crippen molar-refractivity contribution in [3.63, 3.8) is 0 Å². The summed E-state index contributed by atoms with van der Waals surface area (Å²) in [4.78, 5) is 11.6. The number of hydrogen-bond donors (Lipinski definition) is 2. The predicted octanol–water partition coefficient (Wildman–Crippen LogP) is 1.95. The molecule has 0 heterocycles. The number of esters is 1. The number of hydrogen-bond acceptors (Lipinski definition) is 4. The highest BCUT2D eigenvalue weighted by Gasteiger charge is 2.34. The lowest BCUT2D eigenvalue weighted by atomic mass is 9.85. The molecule has 1 unspecified atom stereocenters. The van der Waals surface area contributed by atoms with Crippen molar-refractivity contribution in [3.8, 4) is 0 Å². The van der Waals surface area contributed by atoms with Crippen LogP contribution in [0.5, 0.6) is 0 Å². The molecule has 1 saturated carbocycles. The number of carbonyl (C=O) groups excluding carboxylic acids is 1. The van der Waals surface area contributed by atoms with E-state index in [9.17, 15) is 9.90 Å². The molecular formula is C13H25NO3. The van der Waals surface area contributed by atoms with E-state index in [0.29, 0.717) is 12.3 Å². The molecule has 1 fully saturated rings. The van der Waals surface area contributed by atoms with Gasteiger partial charge >= 0.3 is 5.97 Å². The molecule has 0 aromatic carbocycles. The Morgan fingerprint density at radius 3 is 2.53 bits per heavy atom. The first-order chi connectivity index (χ1) is 7.92. The van der Waals surface area contributed by atoms with Crippen LogP contribution in [0.3, 0.4) is 0 Å². The van der Waals surface area contributed by atoms with E-state index < -0.39 is 11.7 Å². The van der Waals surface area contributed by atoms with Crippen molar-refractivity contribution < 1.29 is 14.6 Å². The molecule has 1 aliphatic rings. The van der Waals surface area contributed by atoms with Crippen LogP contribution in [0.25, 0.3) is 0 Å². The highest BCUT2D eigenvalue weighted by molar-refractivity contribution is 5.78. The number of rotatable bonds is 5. The lowest BCUT2D eigenvalue weighted by Gasteiger charge is -2.26. The fourth-order valence-electron chi connectivity index (χ4n) is 2.32. The SMILES string of the molecule is CC(C)OC(=O)C(N)(O)CCC1CCCCC1. The molecule has 0 amide bonds. The Kier molecular flexibility index (Phi) is 5.40. The van der Waals surface area contributed by atoms with Gasteiger partial charge in [-0.2, -0.15) is 0 Å². The fourth-order valence-corrected chi connectivity index (χ4v) is 2.32. The van der Waals surface area contributed by atoms with Crippen LogP contribution in [-0.2, 0) is 9.53 Å². The number of carbonyl (C=O) groups is 1. The topological polar surface area (TPSA) is 72.5 Å². The van der Waals surface area contributed by atoms with Crippen LogP contribution in [-0.4, -0.2) is 22.9 Å². The monoisotopic (exact) mass is 243 g/mol. The molecule has 3 N–H and O–H groups in total. The van der Waals surface area contributed by atoms with Gasteiger partial charge in [0.1, 0.15) is 0 Å². The Bertz CT molecular complexity index is 245.